The van der Waals surface area contributed by atoms with Crippen LogP contribution in [0.25, 0.3) is 10.8 Å². The Morgan fingerprint density at radius 3 is 2.25 bits per heavy atom. The third-order valence-electron chi connectivity index (χ3n) is 2.07. The maximum Gasteiger partial charge on any atom is 0.191 e. The smallest absolute Gasteiger partial charge is 0.191 e. The molecule has 0 aromatic carbocycles. The van der Waals surface area contributed by atoms with Crippen molar-refractivity contribution in [2.45, 2.75) is 20.3 Å². The highest BCUT2D eigenvalue weighted by molar-refractivity contribution is 7.13. The van der Waals surface area contributed by atoms with E-state index in [9.17, 15) is 0 Å². The van der Waals surface area contributed by atoms with Crippen LogP contribution in [0.5, 0.6) is 0 Å². The van der Waals surface area contributed by atoms with Crippen LogP contribution in [-0.2, 0) is 6.42 Å². The highest BCUT2D eigenvalue weighted by Crippen LogP contribution is 2.27. The van der Waals surface area contributed by atoms with Crippen LogP contribution in [-0.4, -0.2) is 15.0 Å². The molecule has 2 rings (SSSR count). The number of nitrogens with zero attached hydrogens (tertiary/aromatic N) is 3. The predicted molar refractivity (Wildman–Crippen MR) is 67.3 cm³/mol. The first-order valence-electron chi connectivity index (χ1n) is 4.76. The first-order chi connectivity index (χ1) is 7.61. The van der Waals surface area contributed by atoms with Crippen molar-refractivity contribution in [3.8, 4) is 10.8 Å². The lowest BCUT2D eigenvalue weighted by molar-refractivity contribution is 1.05. The second kappa shape index (κ2) is 4.65. The number of rotatable bonds is 2. The Kier molecular flexibility index (Phi) is 3.42. The SMILES string of the molecule is CCc1c(Cl)nc(-c2nc(C)cs2)nc1Cl. The molecule has 2 aromatic heterocycles. The molecule has 16 heavy (non-hydrogen) atoms. The quantitative estimate of drug-likeness (QED) is 0.782. The van der Waals surface area contributed by atoms with Crippen molar-refractivity contribution in [3.63, 3.8) is 0 Å². The maximum atomic E-state index is 6.03. The van der Waals surface area contributed by atoms with E-state index in [4.69, 9.17) is 23.2 Å². The summed E-state index contributed by atoms with van der Waals surface area (Å²) >= 11 is 13.5. The summed E-state index contributed by atoms with van der Waals surface area (Å²) in [6, 6.07) is 0. The van der Waals surface area contributed by atoms with Gasteiger partial charge < -0.3 is 0 Å². The van der Waals surface area contributed by atoms with E-state index < -0.39 is 0 Å². The Hall–Kier alpha value is -0.710. The Labute approximate surface area is 107 Å². The van der Waals surface area contributed by atoms with Crippen LogP contribution in [0.4, 0.5) is 0 Å². The number of aromatic nitrogens is 3. The molecule has 2 heterocycles. The molecule has 0 saturated heterocycles. The molecule has 6 heteroatoms. The van der Waals surface area contributed by atoms with E-state index in [2.05, 4.69) is 15.0 Å². The lowest BCUT2D eigenvalue weighted by Gasteiger charge is -2.04. The fraction of sp³-hybridized carbons (Fsp3) is 0.300. The third-order valence-corrected chi connectivity index (χ3v) is 3.65. The molecule has 84 valence electrons. The van der Waals surface area contributed by atoms with Gasteiger partial charge >= 0.3 is 0 Å². The van der Waals surface area contributed by atoms with Crippen LogP contribution in [0, 0.1) is 6.92 Å². The molecule has 0 aliphatic rings. The molecular formula is C10H9Cl2N3S. The number of aryl methyl sites for hydroxylation is 1. The Morgan fingerprint density at radius 1 is 1.19 bits per heavy atom. The molecule has 0 saturated carbocycles. The van der Waals surface area contributed by atoms with Gasteiger partial charge in [0.1, 0.15) is 10.3 Å². The van der Waals surface area contributed by atoms with Crippen LogP contribution in [0.15, 0.2) is 5.38 Å². The van der Waals surface area contributed by atoms with Gasteiger partial charge in [0.25, 0.3) is 0 Å². The monoisotopic (exact) mass is 273 g/mol. The van der Waals surface area contributed by atoms with Crippen molar-refractivity contribution in [3.05, 3.63) is 26.9 Å². The lowest BCUT2D eigenvalue weighted by Crippen LogP contribution is -1.96. The molecule has 0 unspecified atom stereocenters. The zero-order chi connectivity index (χ0) is 11.7. The van der Waals surface area contributed by atoms with Gasteiger partial charge in [0.05, 0.1) is 0 Å². The van der Waals surface area contributed by atoms with Crippen LogP contribution < -0.4 is 0 Å². The van der Waals surface area contributed by atoms with Gasteiger partial charge in [0.15, 0.2) is 10.8 Å². The van der Waals surface area contributed by atoms with Crippen LogP contribution in [0.2, 0.25) is 10.3 Å². The summed E-state index contributed by atoms with van der Waals surface area (Å²) in [6.45, 7) is 3.88. The number of hydrogen-bond donors (Lipinski definition) is 0. The molecule has 0 N–H and O–H groups in total. The van der Waals surface area contributed by atoms with Crippen molar-refractivity contribution in [1.29, 1.82) is 0 Å². The molecule has 3 nitrogen and oxygen atoms in total. The fourth-order valence-electron chi connectivity index (χ4n) is 1.28. The standard InChI is InChI=1S/C10H9Cl2N3S/c1-3-6-7(11)14-9(15-8(6)12)10-13-5(2)4-16-10/h4H,3H2,1-2H3. The van der Waals surface area contributed by atoms with Crippen LogP contribution >= 0.6 is 34.5 Å². The van der Waals surface area contributed by atoms with Gasteiger partial charge in [-0.3, -0.25) is 0 Å². The van der Waals surface area contributed by atoms with Gasteiger partial charge in [-0.15, -0.1) is 11.3 Å². The zero-order valence-corrected chi connectivity index (χ0v) is 11.1. The third kappa shape index (κ3) is 2.19. The van der Waals surface area contributed by atoms with Gasteiger partial charge in [-0.2, -0.15) is 0 Å². The normalized spacial score (nSPS) is 10.8. The summed E-state index contributed by atoms with van der Waals surface area (Å²) in [5.41, 5.74) is 1.72. The molecule has 0 fully saturated rings. The van der Waals surface area contributed by atoms with Crippen LogP contribution in [0.1, 0.15) is 18.2 Å². The van der Waals surface area contributed by atoms with Gasteiger partial charge in [-0.1, -0.05) is 30.1 Å². The van der Waals surface area contributed by atoms with Crippen molar-refractivity contribution in [2.24, 2.45) is 0 Å². The first-order valence-corrected chi connectivity index (χ1v) is 6.39. The molecule has 0 atom stereocenters. The summed E-state index contributed by atoms with van der Waals surface area (Å²) in [6.07, 6.45) is 0.717. The van der Waals surface area contributed by atoms with Crippen molar-refractivity contribution >= 4 is 34.5 Å². The first kappa shape index (κ1) is 11.8. The second-order valence-electron chi connectivity index (χ2n) is 3.25. The zero-order valence-electron chi connectivity index (χ0n) is 8.79. The molecular weight excluding hydrogens is 265 g/mol. The van der Waals surface area contributed by atoms with Crippen molar-refractivity contribution < 1.29 is 0 Å². The van der Waals surface area contributed by atoms with Gasteiger partial charge in [-0.25, -0.2) is 15.0 Å². The molecule has 0 aliphatic heterocycles. The van der Waals surface area contributed by atoms with E-state index >= 15 is 0 Å². The molecule has 0 radical (unpaired) electrons. The highest BCUT2D eigenvalue weighted by Gasteiger charge is 2.13. The van der Waals surface area contributed by atoms with E-state index in [1.165, 1.54) is 11.3 Å². The number of hydrogen-bond acceptors (Lipinski definition) is 4. The second-order valence-corrected chi connectivity index (χ2v) is 4.83. The van der Waals surface area contributed by atoms with Gasteiger partial charge in [0, 0.05) is 16.6 Å². The summed E-state index contributed by atoms with van der Waals surface area (Å²) < 4.78 is 0. The fourth-order valence-corrected chi connectivity index (χ4v) is 2.66. The van der Waals surface area contributed by atoms with Crippen LogP contribution in [0.3, 0.4) is 0 Å². The van der Waals surface area contributed by atoms with E-state index in [-0.39, 0.29) is 0 Å². The minimum absolute atomic E-state index is 0.408. The van der Waals surface area contributed by atoms with E-state index in [1.807, 2.05) is 19.2 Å². The van der Waals surface area contributed by atoms with Gasteiger partial charge in [0.2, 0.25) is 0 Å². The largest absolute Gasteiger partial charge is 0.238 e. The van der Waals surface area contributed by atoms with Crippen molar-refractivity contribution in [2.75, 3.05) is 0 Å². The number of halogens is 2. The Bertz CT molecular complexity index is 502. The summed E-state index contributed by atoms with van der Waals surface area (Å²) in [5, 5.41) is 3.49. The van der Waals surface area contributed by atoms with E-state index in [0.717, 1.165) is 22.7 Å². The molecule has 0 aliphatic carbocycles. The maximum absolute atomic E-state index is 6.03. The predicted octanol–water partition coefficient (Wildman–Crippen LogP) is 3.78. The molecule has 0 bridgehead atoms. The highest BCUT2D eigenvalue weighted by atomic mass is 35.5. The topological polar surface area (TPSA) is 38.7 Å². The minimum atomic E-state index is 0.408. The Morgan fingerprint density at radius 2 is 1.81 bits per heavy atom. The minimum Gasteiger partial charge on any atom is -0.238 e. The van der Waals surface area contributed by atoms with Gasteiger partial charge in [-0.05, 0) is 13.3 Å². The van der Waals surface area contributed by atoms with E-state index in [1.54, 1.807) is 0 Å². The molecule has 0 spiro atoms. The van der Waals surface area contributed by atoms with Crippen molar-refractivity contribution in [1.82, 2.24) is 15.0 Å². The average molecular weight is 274 g/mol. The lowest BCUT2D eigenvalue weighted by atomic mass is 10.3. The number of thiazole rings is 1. The molecule has 0 amide bonds. The summed E-state index contributed by atoms with van der Waals surface area (Å²) in [7, 11) is 0. The Balaban J connectivity index is 2.52. The van der Waals surface area contributed by atoms with E-state index in [0.29, 0.717) is 16.1 Å². The average Bonchev–Trinajstić information content (AvgIpc) is 2.64. The molecule has 2 aromatic rings. The summed E-state index contributed by atoms with van der Waals surface area (Å²) in [4.78, 5) is 12.7. The summed E-state index contributed by atoms with van der Waals surface area (Å²) in [5.74, 6) is 0.491.